The maximum Gasteiger partial charge on any atom is 0.118 e. The highest BCUT2D eigenvalue weighted by molar-refractivity contribution is 5.97. The second-order valence-corrected chi connectivity index (χ2v) is 7.50. The number of rotatable bonds is 6. The topological polar surface area (TPSA) is 84.3 Å². The van der Waals surface area contributed by atoms with Gasteiger partial charge in [-0.1, -0.05) is 12.1 Å². The summed E-state index contributed by atoms with van der Waals surface area (Å²) >= 11 is 0. The lowest BCUT2D eigenvalue weighted by Crippen LogP contribution is -2.14. The molecule has 5 rings (SSSR count). The molecule has 4 aromatic heterocycles. The Hall–Kier alpha value is -3.84. The van der Waals surface area contributed by atoms with Crippen LogP contribution in [-0.4, -0.2) is 43.5 Å². The predicted molar refractivity (Wildman–Crippen MR) is 122 cm³/mol. The molecule has 0 amide bonds. The third-order valence-corrected chi connectivity index (χ3v) is 5.36. The number of hydrogen-bond donors (Lipinski definition) is 2. The lowest BCUT2D eigenvalue weighted by atomic mass is 9.98. The number of aryl methyl sites for hydroxylation is 1. The number of nitrogens with one attached hydrogen (secondary N) is 2. The van der Waals surface area contributed by atoms with E-state index in [1.807, 2.05) is 61.5 Å². The summed E-state index contributed by atoms with van der Waals surface area (Å²) in [6, 6.07) is 14.3. The Morgan fingerprint density at radius 3 is 2.87 bits per heavy atom. The van der Waals surface area contributed by atoms with Crippen LogP contribution in [0.25, 0.3) is 44.5 Å². The molecule has 0 saturated carbocycles. The van der Waals surface area contributed by atoms with Gasteiger partial charge < -0.3 is 5.32 Å². The predicted octanol–water partition coefficient (Wildman–Crippen LogP) is 4.08. The van der Waals surface area contributed by atoms with Crippen LogP contribution >= 0.6 is 0 Å². The van der Waals surface area contributed by atoms with Crippen LogP contribution in [-0.2, 0) is 6.54 Å². The minimum absolute atomic E-state index is 0.826. The first-order chi connectivity index (χ1) is 15.2. The van der Waals surface area contributed by atoms with Crippen molar-refractivity contribution in [2.24, 2.45) is 0 Å². The Balaban J connectivity index is 1.60. The maximum absolute atomic E-state index is 4.65. The summed E-state index contributed by atoms with van der Waals surface area (Å²) in [4.78, 5) is 9.21. The van der Waals surface area contributed by atoms with Crippen LogP contribution in [0.3, 0.4) is 0 Å². The molecule has 0 spiro atoms. The zero-order valence-corrected chi connectivity index (χ0v) is 17.5. The lowest BCUT2D eigenvalue weighted by Gasteiger charge is -2.08. The molecule has 0 unspecified atom stereocenters. The molecule has 0 fully saturated rings. The van der Waals surface area contributed by atoms with Crippen molar-refractivity contribution in [3.63, 3.8) is 0 Å². The van der Waals surface area contributed by atoms with Gasteiger partial charge in [-0.25, -0.2) is 0 Å². The van der Waals surface area contributed by atoms with E-state index in [0.717, 1.165) is 63.3 Å². The highest BCUT2D eigenvalue weighted by Crippen LogP contribution is 2.34. The number of nitrogens with zero attached hydrogens (tertiary/aromatic N) is 5. The van der Waals surface area contributed by atoms with Crippen molar-refractivity contribution in [3.05, 3.63) is 72.9 Å². The summed E-state index contributed by atoms with van der Waals surface area (Å²) in [5, 5.41) is 16.2. The minimum atomic E-state index is 0.826. The summed E-state index contributed by atoms with van der Waals surface area (Å²) < 4.78 is 1.96. The molecule has 4 heterocycles. The SMILES string of the molecule is CNCCn1cc(-c2ccnc3ccc(-c4c[nH]nc4-c4cccc(C)n4)cc23)cn1. The van der Waals surface area contributed by atoms with E-state index in [1.54, 1.807) is 0 Å². The minimum Gasteiger partial charge on any atom is -0.318 e. The normalized spacial score (nSPS) is 11.3. The average Bonchev–Trinajstić information content (AvgIpc) is 3.47. The Labute approximate surface area is 180 Å². The number of fused-ring (bicyclic) bond motifs is 1. The number of aromatic amines is 1. The molecule has 1 aromatic carbocycles. The molecular weight excluding hydrogens is 386 g/mol. The van der Waals surface area contributed by atoms with Crippen molar-refractivity contribution in [2.45, 2.75) is 13.5 Å². The molecule has 0 aliphatic rings. The second kappa shape index (κ2) is 8.12. The Kier molecular flexibility index (Phi) is 5.01. The number of pyridine rings is 2. The molecular formula is C24H23N7. The van der Waals surface area contributed by atoms with E-state index >= 15 is 0 Å². The summed E-state index contributed by atoms with van der Waals surface area (Å²) in [7, 11) is 1.94. The largest absolute Gasteiger partial charge is 0.318 e. The van der Waals surface area contributed by atoms with Crippen LogP contribution < -0.4 is 5.32 Å². The highest BCUT2D eigenvalue weighted by Gasteiger charge is 2.14. The molecule has 7 nitrogen and oxygen atoms in total. The fourth-order valence-corrected chi connectivity index (χ4v) is 3.80. The number of aromatic nitrogens is 6. The van der Waals surface area contributed by atoms with E-state index in [2.05, 4.69) is 55.0 Å². The van der Waals surface area contributed by atoms with Gasteiger partial charge in [-0.15, -0.1) is 0 Å². The standard InChI is InChI=1S/C24H23N7/c1-16-4-3-5-23(29-16)24-21(14-27-30-24)17-6-7-22-20(12-17)19(8-9-26-22)18-13-28-31(15-18)11-10-25-2/h3-9,12-15,25H,10-11H2,1-2H3,(H,27,30). The molecule has 0 radical (unpaired) electrons. The molecule has 0 atom stereocenters. The van der Waals surface area contributed by atoms with E-state index in [9.17, 15) is 0 Å². The van der Waals surface area contributed by atoms with Gasteiger partial charge in [0.2, 0.25) is 0 Å². The summed E-state index contributed by atoms with van der Waals surface area (Å²) in [5.41, 5.74) is 7.88. The van der Waals surface area contributed by atoms with Gasteiger partial charge in [0.1, 0.15) is 5.69 Å². The molecule has 0 aliphatic carbocycles. The molecule has 0 aliphatic heterocycles. The summed E-state index contributed by atoms with van der Waals surface area (Å²) in [5.74, 6) is 0. The van der Waals surface area contributed by atoms with Crippen LogP contribution in [0, 0.1) is 6.92 Å². The van der Waals surface area contributed by atoms with Gasteiger partial charge in [0.15, 0.2) is 0 Å². The van der Waals surface area contributed by atoms with Crippen LogP contribution in [0.5, 0.6) is 0 Å². The van der Waals surface area contributed by atoms with E-state index in [0.29, 0.717) is 0 Å². The van der Waals surface area contributed by atoms with Crippen molar-refractivity contribution in [2.75, 3.05) is 13.6 Å². The first-order valence-corrected chi connectivity index (χ1v) is 10.3. The van der Waals surface area contributed by atoms with Gasteiger partial charge in [-0.05, 0) is 55.4 Å². The van der Waals surface area contributed by atoms with Crippen LogP contribution in [0.2, 0.25) is 0 Å². The molecule has 0 bridgehead atoms. The Morgan fingerprint density at radius 1 is 1.06 bits per heavy atom. The van der Waals surface area contributed by atoms with Gasteiger partial charge in [0, 0.05) is 47.3 Å². The average molecular weight is 409 g/mol. The van der Waals surface area contributed by atoms with Gasteiger partial charge in [0.25, 0.3) is 0 Å². The van der Waals surface area contributed by atoms with E-state index in [1.165, 1.54) is 0 Å². The molecule has 2 N–H and O–H groups in total. The summed E-state index contributed by atoms with van der Waals surface area (Å²) in [6.07, 6.45) is 7.77. The van der Waals surface area contributed by atoms with Crippen LogP contribution in [0.1, 0.15) is 5.69 Å². The van der Waals surface area contributed by atoms with Gasteiger partial charge in [0.05, 0.1) is 24.0 Å². The van der Waals surface area contributed by atoms with Crippen molar-refractivity contribution in [1.29, 1.82) is 0 Å². The highest BCUT2D eigenvalue weighted by atomic mass is 15.3. The van der Waals surface area contributed by atoms with E-state index in [4.69, 9.17) is 0 Å². The summed E-state index contributed by atoms with van der Waals surface area (Å²) in [6.45, 7) is 3.69. The molecule has 0 saturated heterocycles. The molecule has 31 heavy (non-hydrogen) atoms. The van der Waals surface area contributed by atoms with Crippen molar-refractivity contribution < 1.29 is 0 Å². The zero-order valence-electron chi connectivity index (χ0n) is 17.5. The van der Waals surface area contributed by atoms with Crippen molar-refractivity contribution in [3.8, 4) is 33.6 Å². The third kappa shape index (κ3) is 3.71. The van der Waals surface area contributed by atoms with Crippen molar-refractivity contribution in [1.82, 2.24) is 35.3 Å². The second-order valence-electron chi connectivity index (χ2n) is 7.50. The van der Waals surface area contributed by atoms with Gasteiger partial charge in [-0.3, -0.25) is 19.7 Å². The fraction of sp³-hybridized carbons (Fsp3) is 0.167. The first-order valence-electron chi connectivity index (χ1n) is 10.3. The number of benzene rings is 1. The number of hydrogen-bond acceptors (Lipinski definition) is 5. The molecule has 154 valence electrons. The first kappa shape index (κ1) is 19.1. The zero-order chi connectivity index (χ0) is 21.2. The molecule has 5 aromatic rings. The van der Waals surface area contributed by atoms with E-state index in [-0.39, 0.29) is 0 Å². The quantitative estimate of drug-likeness (QED) is 0.441. The van der Waals surface area contributed by atoms with Crippen LogP contribution in [0.4, 0.5) is 0 Å². The monoisotopic (exact) mass is 409 g/mol. The number of likely N-dealkylation sites (N-methyl/N-ethyl adjacent to an activating group) is 1. The Morgan fingerprint density at radius 2 is 2.00 bits per heavy atom. The maximum atomic E-state index is 4.65. The van der Waals surface area contributed by atoms with Crippen molar-refractivity contribution >= 4 is 10.9 Å². The fourth-order valence-electron chi connectivity index (χ4n) is 3.80. The molecule has 7 heteroatoms. The van der Waals surface area contributed by atoms with Crippen LogP contribution in [0.15, 0.2) is 67.3 Å². The third-order valence-electron chi connectivity index (χ3n) is 5.36. The Bertz CT molecular complexity index is 1350. The lowest BCUT2D eigenvalue weighted by molar-refractivity contribution is 0.585. The van der Waals surface area contributed by atoms with E-state index < -0.39 is 0 Å². The van der Waals surface area contributed by atoms with Gasteiger partial charge >= 0.3 is 0 Å². The number of H-pyrrole nitrogens is 1. The smallest absolute Gasteiger partial charge is 0.118 e. The van der Waals surface area contributed by atoms with Gasteiger partial charge in [-0.2, -0.15) is 10.2 Å².